The molecule has 1 saturated heterocycles. The fourth-order valence-electron chi connectivity index (χ4n) is 2.64. The molecule has 0 radical (unpaired) electrons. The van der Waals surface area contributed by atoms with E-state index in [0.717, 1.165) is 12.6 Å². The molecule has 0 aromatic heterocycles. The minimum absolute atomic E-state index is 0.596. The summed E-state index contributed by atoms with van der Waals surface area (Å²) in [7, 11) is 1.80. The SMILES string of the molecule is COCCC1(CNCCC2CCCN2)CC1. The molecule has 2 N–H and O–H groups in total. The van der Waals surface area contributed by atoms with E-state index in [2.05, 4.69) is 10.6 Å². The van der Waals surface area contributed by atoms with Crippen molar-refractivity contribution in [2.45, 2.75) is 44.6 Å². The van der Waals surface area contributed by atoms with Crippen molar-refractivity contribution in [2.75, 3.05) is 33.4 Å². The number of nitrogens with one attached hydrogen (secondary N) is 2. The van der Waals surface area contributed by atoms with Gasteiger partial charge < -0.3 is 15.4 Å². The van der Waals surface area contributed by atoms with Gasteiger partial charge in [-0.25, -0.2) is 0 Å². The Labute approximate surface area is 99.3 Å². The highest BCUT2D eigenvalue weighted by atomic mass is 16.5. The van der Waals surface area contributed by atoms with Crippen molar-refractivity contribution in [1.29, 1.82) is 0 Å². The summed E-state index contributed by atoms with van der Waals surface area (Å²) in [5.74, 6) is 0. The summed E-state index contributed by atoms with van der Waals surface area (Å²) in [5.41, 5.74) is 0.596. The van der Waals surface area contributed by atoms with E-state index in [4.69, 9.17) is 4.74 Å². The number of ether oxygens (including phenoxy) is 1. The molecule has 1 heterocycles. The second-order valence-electron chi connectivity index (χ2n) is 5.50. The number of hydrogen-bond donors (Lipinski definition) is 2. The van der Waals surface area contributed by atoms with Crippen molar-refractivity contribution in [1.82, 2.24) is 10.6 Å². The molecule has 2 rings (SSSR count). The minimum atomic E-state index is 0.596. The Morgan fingerprint density at radius 1 is 1.44 bits per heavy atom. The summed E-state index contributed by atoms with van der Waals surface area (Å²) in [5, 5.41) is 7.17. The van der Waals surface area contributed by atoms with Gasteiger partial charge >= 0.3 is 0 Å². The second kappa shape index (κ2) is 5.99. The molecule has 0 amide bonds. The van der Waals surface area contributed by atoms with E-state index in [-0.39, 0.29) is 0 Å². The molecule has 2 fully saturated rings. The molecule has 3 heteroatoms. The summed E-state index contributed by atoms with van der Waals surface area (Å²) in [4.78, 5) is 0. The average Bonchev–Trinajstić information content (AvgIpc) is 2.87. The Morgan fingerprint density at radius 2 is 2.31 bits per heavy atom. The Balaban J connectivity index is 1.50. The van der Waals surface area contributed by atoms with E-state index in [1.165, 1.54) is 58.2 Å². The summed E-state index contributed by atoms with van der Waals surface area (Å²) in [6, 6.07) is 0.779. The molecule has 0 aromatic carbocycles. The van der Waals surface area contributed by atoms with Crippen LogP contribution in [0.25, 0.3) is 0 Å². The number of methoxy groups -OCH3 is 1. The van der Waals surface area contributed by atoms with E-state index in [1.54, 1.807) is 7.11 Å². The largest absolute Gasteiger partial charge is 0.385 e. The zero-order valence-corrected chi connectivity index (χ0v) is 10.6. The molecule has 0 aromatic rings. The lowest BCUT2D eigenvalue weighted by molar-refractivity contribution is 0.171. The van der Waals surface area contributed by atoms with Crippen LogP contribution >= 0.6 is 0 Å². The molecule has 2 aliphatic rings. The first-order valence-electron chi connectivity index (χ1n) is 6.78. The van der Waals surface area contributed by atoms with E-state index in [1.807, 2.05) is 0 Å². The van der Waals surface area contributed by atoms with Gasteiger partial charge in [-0.3, -0.25) is 0 Å². The topological polar surface area (TPSA) is 33.3 Å². The van der Waals surface area contributed by atoms with Gasteiger partial charge in [0, 0.05) is 26.3 Å². The van der Waals surface area contributed by atoms with Crippen LogP contribution in [-0.2, 0) is 4.74 Å². The molecule has 1 aliphatic heterocycles. The predicted octanol–water partition coefficient (Wildman–Crippen LogP) is 1.53. The molecular formula is C13H26N2O. The summed E-state index contributed by atoms with van der Waals surface area (Å²) >= 11 is 0. The number of hydrogen-bond acceptors (Lipinski definition) is 3. The van der Waals surface area contributed by atoms with Gasteiger partial charge in [0.05, 0.1) is 0 Å². The molecule has 0 bridgehead atoms. The predicted molar refractivity (Wildman–Crippen MR) is 66.7 cm³/mol. The quantitative estimate of drug-likeness (QED) is 0.616. The summed E-state index contributed by atoms with van der Waals surface area (Å²) in [6.07, 6.45) is 8.05. The lowest BCUT2D eigenvalue weighted by atomic mass is 10.0. The van der Waals surface area contributed by atoms with Crippen molar-refractivity contribution in [2.24, 2.45) is 5.41 Å². The minimum Gasteiger partial charge on any atom is -0.385 e. The van der Waals surface area contributed by atoms with Gasteiger partial charge in [-0.2, -0.15) is 0 Å². The van der Waals surface area contributed by atoms with Crippen molar-refractivity contribution in [3.8, 4) is 0 Å². The summed E-state index contributed by atoms with van der Waals surface area (Å²) in [6.45, 7) is 4.52. The zero-order valence-electron chi connectivity index (χ0n) is 10.6. The highest BCUT2D eigenvalue weighted by molar-refractivity contribution is 4.94. The standard InChI is InChI=1S/C13H26N2O/c1-16-10-7-13(5-6-13)11-14-9-4-12-3-2-8-15-12/h12,14-15H,2-11H2,1H3. The zero-order chi connectivity index (χ0) is 11.3. The van der Waals surface area contributed by atoms with Crippen LogP contribution in [0.2, 0.25) is 0 Å². The second-order valence-corrected chi connectivity index (χ2v) is 5.50. The van der Waals surface area contributed by atoms with Crippen LogP contribution in [0.5, 0.6) is 0 Å². The molecule has 3 nitrogen and oxygen atoms in total. The molecule has 0 spiro atoms. The lowest BCUT2D eigenvalue weighted by Gasteiger charge is -2.16. The Hall–Kier alpha value is -0.120. The van der Waals surface area contributed by atoms with Crippen LogP contribution in [0.3, 0.4) is 0 Å². The Morgan fingerprint density at radius 3 is 2.94 bits per heavy atom. The van der Waals surface area contributed by atoms with Gasteiger partial charge in [0.2, 0.25) is 0 Å². The molecule has 1 atom stereocenters. The third-order valence-electron chi connectivity index (χ3n) is 4.13. The maximum Gasteiger partial charge on any atom is 0.0468 e. The monoisotopic (exact) mass is 226 g/mol. The molecule has 16 heavy (non-hydrogen) atoms. The van der Waals surface area contributed by atoms with E-state index < -0.39 is 0 Å². The smallest absolute Gasteiger partial charge is 0.0468 e. The van der Waals surface area contributed by atoms with E-state index >= 15 is 0 Å². The van der Waals surface area contributed by atoms with Crippen LogP contribution in [0.4, 0.5) is 0 Å². The highest BCUT2D eigenvalue weighted by Gasteiger charge is 2.41. The van der Waals surface area contributed by atoms with Gasteiger partial charge in [0.25, 0.3) is 0 Å². The first-order valence-corrected chi connectivity index (χ1v) is 6.78. The maximum atomic E-state index is 5.17. The maximum absolute atomic E-state index is 5.17. The van der Waals surface area contributed by atoms with Gasteiger partial charge in [0.15, 0.2) is 0 Å². The normalized spacial score (nSPS) is 27.2. The third kappa shape index (κ3) is 3.72. The van der Waals surface area contributed by atoms with E-state index in [0.29, 0.717) is 5.41 Å². The Bertz CT molecular complexity index is 198. The first kappa shape index (κ1) is 12.3. The lowest BCUT2D eigenvalue weighted by Crippen LogP contribution is -2.30. The Kier molecular flexibility index (Phi) is 4.62. The fraction of sp³-hybridized carbons (Fsp3) is 1.00. The molecular weight excluding hydrogens is 200 g/mol. The third-order valence-corrected chi connectivity index (χ3v) is 4.13. The van der Waals surface area contributed by atoms with Crippen LogP contribution < -0.4 is 10.6 Å². The highest BCUT2D eigenvalue weighted by Crippen LogP contribution is 2.48. The van der Waals surface area contributed by atoms with Crippen molar-refractivity contribution < 1.29 is 4.74 Å². The van der Waals surface area contributed by atoms with Gasteiger partial charge in [-0.15, -0.1) is 0 Å². The van der Waals surface area contributed by atoms with Crippen LogP contribution in [-0.4, -0.2) is 39.4 Å². The van der Waals surface area contributed by atoms with Crippen LogP contribution in [0.15, 0.2) is 0 Å². The molecule has 1 unspecified atom stereocenters. The van der Waals surface area contributed by atoms with Gasteiger partial charge in [-0.05, 0) is 57.0 Å². The van der Waals surface area contributed by atoms with Gasteiger partial charge in [0.1, 0.15) is 0 Å². The fourth-order valence-corrected chi connectivity index (χ4v) is 2.64. The average molecular weight is 226 g/mol. The van der Waals surface area contributed by atoms with Crippen LogP contribution in [0.1, 0.15) is 38.5 Å². The van der Waals surface area contributed by atoms with Crippen LogP contribution in [0, 0.1) is 5.41 Å². The van der Waals surface area contributed by atoms with Crippen molar-refractivity contribution in [3.63, 3.8) is 0 Å². The molecule has 94 valence electrons. The first-order chi connectivity index (χ1) is 7.85. The van der Waals surface area contributed by atoms with Crippen molar-refractivity contribution in [3.05, 3.63) is 0 Å². The van der Waals surface area contributed by atoms with Gasteiger partial charge in [-0.1, -0.05) is 0 Å². The van der Waals surface area contributed by atoms with E-state index in [9.17, 15) is 0 Å². The molecule has 1 saturated carbocycles. The number of rotatable bonds is 8. The van der Waals surface area contributed by atoms with Crippen molar-refractivity contribution >= 4 is 0 Å². The summed E-state index contributed by atoms with van der Waals surface area (Å²) < 4.78 is 5.17. The molecule has 1 aliphatic carbocycles.